The summed E-state index contributed by atoms with van der Waals surface area (Å²) in [5.41, 5.74) is 3.43. The molecule has 2 aromatic carbocycles. The zero-order chi connectivity index (χ0) is 49.1. The van der Waals surface area contributed by atoms with E-state index in [4.69, 9.17) is 9.47 Å². The third-order valence-electron chi connectivity index (χ3n) is 11.7. The second-order valence-corrected chi connectivity index (χ2v) is 16.8. The quantitative estimate of drug-likeness (QED) is 0.0975. The Bertz CT molecular complexity index is 3110. The first kappa shape index (κ1) is 46.2. The topological polar surface area (TPSA) is 294 Å². The summed E-state index contributed by atoms with van der Waals surface area (Å²) in [6.45, 7) is 3.70. The molecule has 2 atom stereocenters. The highest BCUT2D eigenvalue weighted by atomic mass is 16.5. The van der Waals surface area contributed by atoms with Crippen LogP contribution in [0.25, 0.3) is 11.3 Å². The van der Waals surface area contributed by atoms with Gasteiger partial charge in [0.1, 0.15) is 46.4 Å². The molecule has 0 radical (unpaired) electrons. The molecule has 4 aliphatic heterocycles. The molecule has 8 heterocycles. The van der Waals surface area contributed by atoms with E-state index in [9.17, 15) is 38.4 Å². The molecule has 360 valence electrons. The summed E-state index contributed by atoms with van der Waals surface area (Å²) in [7, 11) is 1.65. The molecular formula is C46H46N14O10. The van der Waals surface area contributed by atoms with Crippen LogP contribution in [0, 0.1) is 0 Å². The van der Waals surface area contributed by atoms with Crippen molar-refractivity contribution in [2.45, 2.75) is 51.4 Å². The summed E-state index contributed by atoms with van der Waals surface area (Å²) in [6, 6.07) is 14.9. The summed E-state index contributed by atoms with van der Waals surface area (Å²) in [5.74, 6) is -1.74. The minimum atomic E-state index is -0.727. The largest absolute Gasteiger partial charge is 0.482 e. The number of carbonyl (C=O) groups is 8. The zero-order valence-corrected chi connectivity index (χ0v) is 37.8. The SMILES string of the molecule is CN1C[C@H](NC(=O)c2cc(C(=O)NCc3ccc4c(c3)NC(=O)CO4)nc3ccnn23)C1=O.C[C@H](NC(=O)c1cc(C(=O)NCc2ccc3c(c2)NC(=O)CO3)nc2ccnn12)C(=O)N1CCCCC1. The second-order valence-electron chi connectivity index (χ2n) is 16.8. The van der Waals surface area contributed by atoms with E-state index in [1.807, 2.05) is 0 Å². The molecule has 4 aliphatic rings. The third-order valence-corrected chi connectivity index (χ3v) is 11.7. The van der Waals surface area contributed by atoms with E-state index in [0.717, 1.165) is 30.4 Å². The van der Waals surface area contributed by atoms with Gasteiger partial charge in [-0.25, -0.2) is 19.0 Å². The van der Waals surface area contributed by atoms with Gasteiger partial charge in [0, 0.05) is 64.0 Å². The van der Waals surface area contributed by atoms with E-state index in [-0.39, 0.29) is 72.7 Å². The Morgan fingerprint density at radius 2 is 1.20 bits per heavy atom. The van der Waals surface area contributed by atoms with Crippen LogP contribution in [-0.2, 0) is 32.3 Å². The number of fused-ring (bicyclic) bond motifs is 4. The number of likely N-dealkylation sites (N-methyl/N-ethyl adjacent to an activating group) is 1. The van der Waals surface area contributed by atoms with Crippen molar-refractivity contribution < 1.29 is 47.8 Å². The van der Waals surface area contributed by atoms with E-state index in [0.29, 0.717) is 53.8 Å². The Kier molecular flexibility index (Phi) is 13.0. The number of hydrogen-bond donors (Lipinski definition) is 6. The van der Waals surface area contributed by atoms with Crippen molar-refractivity contribution >= 4 is 69.9 Å². The second kappa shape index (κ2) is 19.7. The van der Waals surface area contributed by atoms with Crippen molar-refractivity contribution in [1.29, 1.82) is 0 Å². The highest BCUT2D eigenvalue weighted by Gasteiger charge is 2.36. The summed E-state index contributed by atoms with van der Waals surface area (Å²) in [4.78, 5) is 111. The number of nitrogens with one attached hydrogen (secondary N) is 6. The molecule has 4 aromatic heterocycles. The highest BCUT2D eigenvalue weighted by molar-refractivity contribution is 6.02. The molecule has 24 nitrogen and oxygen atoms in total. The van der Waals surface area contributed by atoms with Crippen LogP contribution in [-0.4, -0.2) is 138 Å². The fraction of sp³-hybridized carbons (Fsp3) is 0.304. The van der Waals surface area contributed by atoms with Crippen molar-refractivity contribution in [2.24, 2.45) is 0 Å². The first-order valence-electron chi connectivity index (χ1n) is 22.3. The number of rotatable bonds is 11. The normalized spacial score (nSPS) is 16.4. The smallest absolute Gasteiger partial charge is 0.270 e. The van der Waals surface area contributed by atoms with Gasteiger partial charge in [-0.2, -0.15) is 10.2 Å². The van der Waals surface area contributed by atoms with E-state index >= 15 is 0 Å². The van der Waals surface area contributed by atoms with Crippen molar-refractivity contribution in [2.75, 3.05) is 50.5 Å². The number of amides is 8. The number of ether oxygens (including phenoxy) is 2. The fourth-order valence-corrected chi connectivity index (χ4v) is 8.06. The minimum Gasteiger partial charge on any atom is -0.482 e. The molecule has 70 heavy (non-hydrogen) atoms. The molecule has 2 fully saturated rings. The Hall–Kier alpha value is -8.96. The summed E-state index contributed by atoms with van der Waals surface area (Å²) >= 11 is 0. The maximum Gasteiger partial charge on any atom is 0.270 e. The van der Waals surface area contributed by atoms with E-state index < -0.39 is 35.7 Å². The van der Waals surface area contributed by atoms with Crippen molar-refractivity contribution in [3.63, 3.8) is 0 Å². The molecule has 0 saturated carbocycles. The van der Waals surface area contributed by atoms with Crippen LogP contribution in [0.15, 0.2) is 73.1 Å². The van der Waals surface area contributed by atoms with E-state index in [2.05, 4.69) is 52.1 Å². The zero-order valence-electron chi connectivity index (χ0n) is 37.8. The molecule has 6 N–H and O–H groups in total. The number of likely N-dealkylation sites (tertiary alicyclic amines) is 2. The fourth-order valence-electron chi connectivity index (χ4n) is 8.06. The Labute approximate surface area is 397 Å². The van der Waals surface area contributed by atoms with Gasteiger partial charge in [-0.1, -0.05) is 12.1 Å². The first-order valence-corrected chi connectivity index (χ1v) is 22.3. The van der Waals surface area contributed by atoms with Gasteiger partial charge in [0.15, 0.2) is 24.5 Å². The number of piperidine rings is 1. The van der Waals surface area contributed by atoms with Crippen LogP contribution in [0.5, 0.6) is 11.5 Å². The summed E-state index contributed by atoms with van der Waals surface area (Å²) < 4.78 is 13.3. The maximum atomic E-state index is 13.1. The molecule has 8 amide bonds. The lowest BCUT2D eigenvalue weighted by atomic mass is 10.1. The molecule has 6 aromatic rings. The van der Waals surface area contributed by atoms with Gasteiger partial charge in [0.25, 0.3) is 35.4 Å². The van der Waals surface area contributed by atoms with Crippen LogP contribution < -0.4 is 41.4 Å². The van der Waals surface area contributed by atoms with Gasteiger partial charge in [0.05, 0.1) is 23.8 Å². The average Bonchev–Trinajstić information content (AvgIpc) is 4.07. The number of nitrogens with zero attached hydrogens (tertiary/aromatic N) is 8. The van der Waals surface area contributed by atoms with Crippen LogP contribution in [0.2, 0.25) is 0 Å². The van der Waals surface area contributed by atoms with Gasteiger partial charge in [-0.05, 0) is 61.6 Å². The Morgan fingerprint density at radius 3 is 1.70 bits per heavy atom. The van der Waals surface area contributed by atoms with Crippen molar-refractivity contribution in [3.8, 4) is 11.5 Å². The Balaban J connectivity index is 0.000000175. The van der Waals surface area contributed by atoms with Gasteiger partial charge in [-0.3, -0.25) is 38.4 Å². The first-order chi connectivity index (χ1) is 33.8. The van der Waals surface area contributed by atoms with Gasteiger partial charge >= 0.3 is 0 Å². The monoisotopic (exact) mass is 954 g/mol. The van der Waals surface area contributed by atoms with E-state index in [1.165, 1.54) is 38.5 Å². The number of benzene rings is 2. The highest BCUT2D eigenvalue weighted by Crippen LogP contribution is 2.29. The van der Waals surface area contributed by atoms with Crippen molar-refractivity contribution in [1.82, 2.24) is 60.3 Å². The predicted octanol–water partition coefficient (Wildman–Crippen LogP) is 0.682. The maximum absolute atomic E-state index is 13.1. The van der Waals surface area contributed by atoms with Crippen LogP contribution in [0.1, 0.15) is 79.3 Å². The van der Waals surface area contributed by atoms with Crippen molar-refractivity contribution in [3.05, 3.63) is 107 Å². The van der Waals surface area contributed by atoms with E-state index in [1.54, 1.807) is 67.4 Å². The number of β-lactam (4-membered cyclic amide) rings is 1. The molecule has 0 spiro atoms. The lowest BCUT2D eigenvalue weighted by Crippen LogP contribution is -2.62. The lowest BCUT2D eigenvalue weighted by Gasteiger charge is -2.35. The summed E-state index contributed by atoms with van der Waals surface area (Å²) in [6.07, 6.45) is 5.95. The molecule has 0 unspecified atom stereocenters. The molecule has 10 rings (SSSR count). The Morgan fingerprint density at radius 1 is 0.686 bits per heavy atom. The number of anilines is 2. The molecule has 24 heteroatoms. The van der Waals surface area contributed by atoms with Gasteiger partial charge in [0.2, 0.25) is 11.8 Å². The minimum absolute atomic E-state index is 0.0276. The predicted molar refractivity (Wildman–Crippen MR) is 246 cm³/mol. The lowest BCUT2D eigenvalue weighted by molar-refractivity contribution is -0.141. The van der Waals surface area contributed by atoms with Gasteiger partial charge < -0.3 is 51.2 Å². The molecule has 0 aliphatic carbocycles. The number of hydrogen-bond acceptors (Lipinski definition) is 14. The number of carbonyl (C=O) groups excluding carboxylic acids is 8. The van der Waals surface area contributed by atoms with Gasteiger partial charge in [-0.15, -0.1) is 0 Å². The average molecular weight is 955 g/mol. The van der Waals surface area contributed by atoms with Crippen LogP contribution in [0.3, 0.4) is 0 Å². The standard InChI is InChI=1S/C25H27N7O5.C21H19N7O5/c1-15(25(36)31-9-3-2-4-10-31)28-24(35)19-12-18(29-21-7-8-27-32(19)21)23(34)26-13-16-5-6-20-17(11-16)30-22(33)14-37-20;1-27-9-14(21(27)32)26-20(31)15-7-13(24-17-4-5-23-28(15)17)19(30)22-8-11-2-3-16-12(6-11)25-18(29)10-33-16/h5-8,11-12,15H,2-4,9-10,13-14H2,1H3,(H,26,34)(H,28,35)(H,30,33);2-7,14H,8-10H2,1H3,(H,22,30)(H,25,29)(H,26,31)/t15-;14-/m00/s1. The summed E-state index contributed by atoms with van der Waals surface area (Å²) in [5, 5.41) is 24.6. The van der Waals surface area contributed by atoms with Crippen LogP contribution >= 0.6 is 0 Å². The number of aromatic nitrogens is 6. The molecule has 0 bridgehead atoms. The molecular weight excluding hydrogens is 909 g/mol. The third kappa shape index (κ3) is 10.00. The molecule has 2 saturated heterocycles. The van der Waals surface area contributed by atoms with Crippen LogP contribution in [0.4, 0.5) is 11.4 Å².